The number of benzene rings is 2. The predicted molar refractivity (Wildman–Crippen MR) is 111 cm³/mol. The summed E-state index contributed by atoms with van der Waals surface area (Å²) in [6.45, 7) is 1.62. The molecule has 1 amide bonds. The van der Waals surface area contributed by atoms with E-state index in [1.807, 2.05) is 0 Å². The van der Waals surface area contributed by atoms with Crippen molar-refractivity contribution in [2.45, 2.75) is 38.4 Å². The number of halogens is 1. The highest BCUT2D eigenvalue weighted by molar-refractivity contribution is 6.02. The van der Waals surface area contributed by atoms with Gasteiger partial charge in [0.05, 0.1) is 0 Å². The van der Waals surface area contributed by atoms with Crippen LogP contribution in [0.25, 0.3) is 5.69 Å². The number of carbonyl (C=O) groups is 1. The third-order valence-electron chi connectivity index (χ3n) is 5.56. The molecule has 0 saturated heterocycles. The minimum Gasteiger partial charge on any atom is -0.448 e. The van der Waals surface area contributed by atoms with Crippen molar-refractivity contribution in [3.63, 3.8) is 0 Å². The lowest BCUT2D eigenvalue weighted by Gasteiger charge is -2.21. The number of ether oxygens (including phenoxy) is 2. The quantitative estimate of drug-likeness (QED) is 0.692. The van der Waals surface area contributed by atoms with Gasteiger partial charge in [0.1, 0.15) is 11.5 Å². The van der Waals surface area contributed by atoms with E-state index < -0.39 is 22.9 Å². The number of hydrogen-bond acceptors (Lipinski definition) is 5. The number of para-hydroxylation sites is 1. The largest absolute Gasteiger partial charge is 0.448 e. The minimum absolute atomic E-state index is 0.152. The van der Waals surface area contributed by atoms with Crippen molar-refractivity contribution in [2.24, 2.45) is 0 Å². The molecule has 1 aliphatic carbocycles. The van der Waals surface area contributed by atoms with Gasteiger partial charge in [-0.05, 0) is 44.0 Å². The Morgan fingerprint density at radius 1 is 1.10 bits per heavy atom. The smallest absolute Gasteiger partial charge is 0.280 e. The second-order valence-corrected chi connectivity index (χ2v) is 7.80. The van der Waals surface area contributed by atoms with Crippen LogP contribution in [-0.4, -0.2) is 21.5 Å². The molecule has 31 heavy (non-hydrogen) atoms. The third-order valence-corrected chi connectivity index (χ3v) is 5.56. The van der Waals surface area contributed by atoms with Crippen LogP contribution in [0.2, 0.25) is 0 Å². The first-order chi connectivity index (χ1) is 14.9. The first-order valence-electron chi connectivity index (χ1n) is 10.1. The van der Waals surface area contributed by atoms with Gasteiger partial charge < -0.3 is 14.8 Å². The Balaban J connectivity index is 1.42. The van der Waals surface area contributed by atoms with Gasteiger partial charge in [0.2, 0.25) is 5.43 Å². The highest BCUT2D eigenvalue weighted by Crippen LogP contribution is 2.47. The van der Waals surface area contributed by atoms with E-state index in [2.05, 4.69) is 10.4 Å². The fourth-order valence-corrected chi connectivity index (χ4v) is 4.05. The van der Waals surface area contributed by atoms with Crippen LogP contribution in [0.3, 0.4) is 0 Å². The van der Waals surface area contributed by atoms with E-state index in [-0.39, 0.29) is 11.4 Å². The summed E-state index contributed by atoms with van der Waals surface area (Å²) in [5.74, 6) is -0.610. The van der Waals surface area contributed by atoms with E-state index in [1.54, 1.807) is 37.3 Å². The van der Waals surface area contributed by atoms with Gasteiger partial charge in [-0.3, -0.25) is 9.59 Å². The van der Waals surface area contributed by atoms with Crippen LogP contribution in [-0.2, 0) is 0 Å². The van der Waals surface area contributed by atoms with Crippen LogP contribution < -0.4 is 20.2 Å². The molecule has 5 rings (SSSR count). The zero-order chi connectivity index (χ0) is 21.6. The average molecular weight is 421 g/mol. The number of hydrogen-bond donors (Lipinski definition) is 1. The topological polar surface area (TPSA) is 82.5 Å². The molecular formula is C23H20FN3O4. The lowest BCUT2D eigenvalue weighted by Crippen LogP contribution is -2.34. The molecule has 2 aromatic carbocycles. The normalized spacial score (nSPS) is 15.9. The van der Waals surface area contributed by atoms with Crippen molar-refractivity contribution in [2.75, 3.05) is 5.32 Å². The van der Waals surface area contributed by atoms with Crippen molar-refractivity contribution < 1.29 is 18.7 Å². The molecule has 1 aromatic heterocycles. The molecule has 1 saturated carbocycles. The molecule has 1 aliphatic heterocycles. The van der Waals surface area contributed by atoms with Gasteiger partial charge in [0.25, 0.3) is 11.7 Å². The number of carbonyl (C=O) groups excluding carboxylic acids is 1. The Bertz CT molecular complexity index is 1250. The molecule has 0 bridgehead atoms. The molecule has 1 N–H and O–H groups in total. The Labute approximate surface area is 177 Å². The Morgan fingerprint density at radius 2 is 1.84 bits per heavy atom. The second kappa shape index (κ2) is 7.23. The average Bonchev–Trinajstić information content (AvgIpc) is 3.34. The van der Waals surface area contributed by atoms with E-state index in [4.69, 9.17) is 9.47 Å². The Kier molecular flexibility index (Phi) is 4.50. The summed E-state index contributed by atoms with van der Waals surface area (Å²) in [6.07, 6.45) is 3.74. The number of nitrogens with zero attached hydrogens (tertiary/aromatic N) is 2. The highest BCUT2D eigenvalue weighted by atomic mass is 19.1. The van der Waals surface area contributed by atoms with Crippen molar-refractivity contribution in [3.05, 3.63) is 76.0 Å². The molecule has 1 fully saturated rings. The van der Waals surface area contributed by atoms with Gasteiger partial charge in [-0.2, -0.15) is 5.10 Å². The first kappa shape index (κ1) is 19.3. The predicted octanol–water partition coefficient (Wildman–Crippen LogP) is 3.97. The van der Waals surface area contributed by atoms with Crippen LogP contribution in [0.15, 0.2) is 53.3 Å². The third kappa shape index (κ3) is 3.43. The molecule has 158 valence electrons. The SMILES string of the molecule is Cc1cc(=O)c(C(=O)Nc2ccc3c(c2)OC2(CCCC2)O3)nn1-c1ccccc1F. The zero-order valence-electron chi connectivity index (χ0n) is 16.9. The zero-order valence-corrected chi connectivity index (χ0v) is 16.9. The Hall–Kier alpha value is -3.68. The minimum atomic E-state index is -0.690. The molecular weight excluding hydrogens is 401 g/mol. The second-order valence-electron chi connectivity index (χ2n) is 7.80. The summed E-state index contributed by atoms with van der Waals surface area (Å²) in [4.78, 5) is 25.2. The Morgan fingerprint density at radius 3 is 2.61 bits per heavy atom. The van der Waals surface area contributed by atoms with Gasteiger partial charge >= 0.3 is 0 Å². The summed E-state index contributed by atoms with van der Waals surface area (Å²) >= 11 is 0. The molecule has 0 unspecified atom stereocenters. The lowest BCUT2D eigenvalue weighted by molar-refractivity contribution is -0.0716. The molecule has 0 atom stereocenters. The van der Waals surface area contributed by atoms with E-state index >= 15 is 0 Å². The van der Waals surface area contributed by atoms with E-state index in [9.17, 15) is 14.0 Å². The van der Waals surface area contributed by atoms with Gasteiger partial charge in [-0.25, -0.2) is 9.07 Å². The van der Waals surface area contributed by atoms with Crippen molar-refractivity contribution in [3.8, 4) is 17.2 Å². The summed E-state index contributed by atoms with van der Waals surface area (Å²) in [7, 11) is 0. The van der Waals surface area contributed by atoms with Crippen LogP contribution >= 0.6 is 0 Å². The number of rotatable bonds is 3. The number of nitrogens with one attached hydrogen (secondary N) is 1. The maximum atomic E-state index is 14.2. The fraction of sp³-hybridized carbons (Fsp3) is 0.261. The standard InChI is InChI=1S/C23H20FN3O4/c1-14-12-18(28)21(26-27(14)17-7-3-2-6-16(17)24)22(29)25-15-8-9-19-20(13-15)31-23(30-19)10-4-5-11-23/h2-3,6-9,12-13H,4-5,10-11H2,1H3,(H,25,29). The fourth-order valence-electron chi connectivity index (χ4n) is 4.05. The number of aromatic nitrogens is 2. The number of fused-ring (bicyclic) bond motifs is 1. The maximum Gasteiger partial charge on any atom is 0.280 e. The van der Waals surface area contributed by atoms with E-state index in [0.717, 1.165) is 25.7 Å². The van der Waals surface area contributed by atoms with Gasteiger partial charge in [-0.1, -0.05) is 12.1 Å². The number of anilines is 1. The highest BCUT2D eigenvalue weighted by Gasteiger charge is 2.44. The summed E-state index contributed by atoms with van der Waals surface area (Å²) < 4.78 is 27.5. The van der Waals surface area contributed by atoms with Gasteiger partial charge in [0.15, 0.2) is 17.2 Å². The molecule has 8 heteroatoms. The van der Waals surface area contributed by atoms with E-state index in [0.29, 0.717) is 22.9 Å². The van der Waals surface area contributed by atoms with Gasteiger partial charge in [-0.15, -0.1) is 0 Å². The molecule has 3 aromatic rings. The maximum absolute atomic E-state index is 14.2. The first-order valence-corrected chi connectivity index (χ1v) is 10.1. The van der Waals surface area contributed by atoms with Crippen molar-refractivity contribution in [1.29, 1.82) is 0 Å². The molecule has 7 nitrogen and oxygen atoms in total. The van der Waals surface area contributed by atoms with E-state index in [1.165, 1.54) is 22.9 Å². The van der Waals surface area contributed by atoms with Crippen LogP contribution in [0.4, 0.5) is 10.1 Å². The molecule has 2 aliphatic rings. The number of amides is 1. The number of aryl methyl sites for hydroxylation is 1. The van der Waals surface area contributed by atoms with Crippen molar-refractivity contribution >= 4 is 11.6 Å². The summed E-state index contributed by atoms with van der Waals surface area (Å²) in [5, 5.41) is 6.80. The van der Waals surface area contributed by atoms with Crippen molar-refractivity contribution in [1.82, 2.24) is 9.78 Å². The molecule has 2 heterocycles. The van der Waals surface area contributed by atoms with Crippen LogP contribution in [0, 0.1) is 12.7 Å². The van der Waals surface area contributed by atoms with Crippen LogP contribution in [0.1, 0.15) is 41.9 Å². The lowest BCUT2D eigenvalue weighted by atomic mass is 10.2. The molecule has 1 spiro atoms. The van der Waals surface area contributed by atoms with Crippen LogP contribution in [0.5, 0.6) is 11.5 Å². The molecule has 0 radical (unpaired) electrons. The monoisotopic (exact) mass is 421 g/mol. The summed E-state index contributed by atoms with van der Waals surface area (Å²) in [6, 6.07) is 12.4. The van der Waals surface area contributed by atoms with Gasteiger partial charge in [0, 0.05) is 36.4 Å². The summed E-state index contributed by atoms with van der Waals surface area (Å²) in [5.41, 5.74) is 0.129.